The summed E-state index contributed by atoms with van der Waals surface area (Å²) in [5.74, 6) is 1.88. The first-order valence-corrected chi connectivity index (χ1v) is 6.84. The average Bonchev–Trinajstić information content (AvgIpc) is 2.97. The molecule has 5 heteroatoms. The van der Waals surface area contributed by atoms with Crippen LogP contribution in [0.5, 0.6) is 5.75 Å². The van der Waals surface area contributed by atoms with Gasteiger partial charge in [-0.2, -0.15) is 4.98 Å². The molecule has 0 fully saturated rings. The molecule has 2 aromatic carbocycles. The summed E-state index contributed by atoms with van der Waals surface area (Å²) in [6.45, 7) is 0. The quantitative estimate of drug-likeness (QED) is 0.731. The van der Waals surface area contributed by atoms with Crippen LogP contribution in [0.2, 0.25) is 5.02 Å². The summed E-state index contributed by atoms with van der Waals surface area (Å²) in [7, 11) is 1.64. The molecule has 0 amide bonds. The molecule has 3 rings (SSSR count). The maximum absolute atomic E-state index is 6.13. The molecule has 0 aliphatic rings. The first-order valence-electron chi connectivity index (χ1n) is 6.46. The van der Waals surface area contributed by atoms with Gasteiger partial charge in [0.05, 0.1) is 18.6 Å². The van der Waals surface area contributed by atoms with E-state index >= 15 is 0 Å². The third-order valence-corrected chi connectivity index (χ3v) is 3.43. The van der Waals surface area contributed by atoms with Gasteiger partial charge in [-0.1, -0.05) is 41.0 Å². The van der Waals surface area contributed by atoms with Gasteiger partial charge in [-0.05, 0) is 29.8 Å². The van der Waals surface area contributed by atoms with Crippen molar-refractivity contribution in [2.75, 3.05) is 7.11 Å². The Kier molecular flexibility index (Phi) is 3.88. The van der Waals surface area contributed by atoms with Crippen LogP contribution in [0.3, 0.4) is 0 Å². The monoisotopic (exact) mass is 300 g/mol. The van der Waals surface area contributed by atoms with E-state index < -0.39 is 0 Å². The number of hydrogen-bond donors (Lipinski definition) is 0. The minimum Gasteiger partial charge on any atom is -0.497 e. The highest BCUT2D eigenvalue weighted by molar-refractivity contribution is 6.33. The Bertz CT molecular complexity index is 738. The third kappa shape index (κ3) is 3.06. The Balaban J connectivity index is 1.80. The van der Waals surface area contributed by atoms with E-state index in [1.807, 2.05) is 42.5 Å². The normalized spacial score (nSPS) is 10.6. The van der Waals surface area contributed by atoms with Gasteiger partial charge in [-0.3, -0.25) is 0 Å². The van der Waals surface area contributed by atoms with E-state index in [0.717, 1.165) is 16.9 Å². The molecule has 3 aromatic rings. The predicted molar refractivity (Wildman–Crippen MR) is 80.5 cm³/mol. The Morgan fingerprint density at radius 3 is 2.57 bits per heavy atom. The van der Waals surface area contributed by atoms with E-state index in [-0.39, 0.29) is 0 Å². The van der Waals surface area contributed by atoms with Crippen molar-refractivity contribution in [2.45, 2.75) is 6.42 Å². The minimum atomic E-state index is 0.504. The van der Waals surface area contributed by atoms with Crippen LogP contribution in [0.4, 0.5) is 0 Å². The molecule has 0 aliphatic carbocycles. The SMILES string of the molecule is COc1ccc(Cc2nc(-c3ccccc3Cl)no2)cc1. The number of hydrogen-bond acceptors (Lipinski definition) is 4. The highest BCUT2D eigenvalue weighted by Crippen LogP contribution is 2.25. The lowest BCUT2D eigenvalue weighted by Crippen LogP contribution is -1.89. The Morgan fingerprint density at radius 2 is 1.86 bits per heavy atom. The molecular weight excluding hydrogens is 288 g/mol. The standard InChI is InChI=1S/C16H13ClN2O2/c1-20-12-8-6-11(7-9-12)10-15-18-16(19-21-15)13-4-2-3-5-14(13)17/h2-9H,10H2,1H3. The van der Waals surface area contributed by atoms with Crippen molar-refractivity contribution in [1.29, 1.82) is 0 Å². The maximum atomic E-state index is 6.13. The summed E-state index contributed by atoms with van der Waals surface area (Å²) in [5, 5.41) is 4.59. The summed E-state index contributed by atoms with van der Waals surface area (Å²) >= 11 is 6.13. The smallest absolute Gasteiger partial charge is 0.231 e. The molecule has 0 aliphatic heterocycles. The van der Waals surface area contributed by atoms with Crippen molar-refractivity contribution in [3.05, 3.63) is 65.0 Å². The van der Waals surface area contributed by atoms with Crippen molar-refractivity contribution < 1.29 is 9.26 Å². The van der Waals surface area contributed by atoms with Crippen LogP contribution >= 0.6 is 11.6 Å². The van der Waals surface area contributed by atoms with Crippen LogP contribution in [-0.4, -0.2) is 17.3 Å². The number of methoxy groups -OCH3 is 1. The molecule has 0 saturated heterocycles. The van der Waals surface area contributed by atoms with Crippen LogP contribution in [0.1, 0.15) is 11.5 Å². The van der Waals surface area contributed by atoms with E-state index in [2.05, 4.69) is 10.1 Å². The van der Waals surface area contributed by atoms with Gasteiger partial charge in [0.2, 0.25) is 11.7 Å². The Hall–Kier alpha value is -2.33. The molecule has 0 saturated carbocycles. The van der Waals surface area contributed by atoms with Crippen molar-refractivity contribution in [1.82, 2.24) is 10.1 Å². The molecule has 0 radical (unpaired) electrons. The fraction of sp³-hybridized carbons (Fsp3) is 0.125. The molecule has 4 nitrogen and oxygen atoms in total. The first-order chi connectivity index (χ1) is 10.3. The lowest BCUT2D eigenvalue weighted by molar-refractivity contribution is 0.385. The van der Waals surface area contributed by atoms with Crippen LogP contribution < -0.4 is 4.74 Å². The number of benzene rings is 2. The van der Waals surface area contributed by atoms with Gasteiger partial charge in [0.1, 0.15) is 5.75 Å². The summed E-state index contributed by atoms with van der Waals surface area (Å²) in [6, 6.07) is 15.2. The van der Waals surface area contributed by atoms with Crippen molar-refractivity contribution in [3.63, 3.8) is 0 Å². The van der Waals surface area contributed by atoms with Gasteiger partial charge >= 0.3 is 0 Å². The molecule has 21 heavy (non-hydrogen) atoms. The van der Waals surface area contributed by atoms with Crippen molar-refractivity contribution in [2.24, 2.45) is 0 Å². The molecule has 0 N–H and O–H groups in total. The zero-order valence-corrected chi connectivity index (χ0v) is 12.2. The van der Waals surface area contributed by atoms with E-state index in [4.69, 9.17) is 20.9 Å². The van der Waals surface area contributed by atoms with Gasteiger partial charge < -0.3 is 9.26 Å². The lowest BCUT2D eigenvalue weighted by Gasteiger charge is -2.00. The topological polar surface area (TPSA) is 48.2 Å². The average molecular weight is 301 g/mol. The lowest BCUT2D eigenvalue weighted by atomic mass is 10.1. The summed E-state index contributed by atoms with van der Waals surface area (Å²) in [6.07, 6.45) is 0.571. The number of nitrogens with zero attached hydrogens (tertiary/aromatic N) is 2. The number of ether oxygens (including phenoxy) is 1. The van der Waals surface area contributed by atoms with Crippen LogP contribution in [0.15, 0.2) is 53.1 Å². The molecule has 0 bridgehead atoms. The van der Waals surface area contributed by atoms with Gasteiger partial charge in [0.25, 0.3) is 0 Å². The Labute approximate surface area is 127 Å². The van der Waals surface area contributed by atoms with Crippen LogP contribution in [0.25, 0.3) is 11.4 Å². The van der Waals surface area contributed by atoms with Gasteiger partial charge in [0, 0.05) is 5.56 Å². The zero-order chi connectivity index (χ0) is 14.7. The van der Waals surface area contributed by atoms with E-state index in [1.165, 1.54) is 0 Å². The van der Waals surface area contributed by atoms with Crippen LogP contribution in [-0.2, 0) is 6.42 Å². The third-order valence-electron chi connectivity index (χ3n) is 3.10. The van der Waals surface area contributed by atoms with Crippen molar-refractivity contribution >= 4 is 11.6 Å². The molecule has 0 unspecified atom stereocenters. The van der Waals surface area contributed by atoms with Crippen molar-refractivity contribution in [3.8, 4) is 17.1 Å². The summed E-state index contributed by atoms with van der Waals surface area (Å²) in [5.41, 5.74) is 1.84. The highest BCUT2D eigenvalue weighted by atomic mass is 35.5. The van der Waals surface area contributed by atoms with Gasteiger partial charge in [-0.25, -0.2) is 0 Å². The Morgan fingerprint density at radius 1 is 1.10 bits per heavy atom. The van der Waals surface area contributed by atoms with E-state index in [9.17, 15) is 0 Å². The zero-order valence-electron chi connectivity index (χ0n) is 11.4. The molecule has 106 valence electrons. The first kappa shape index (κ1) is 13.6. The molecule has 0 spiro atoms. The largest absolute Gasteiger partial charge is 0.497 e. The fourth-order valence-electron chi connectivity index (χ4n) is 2.00. The highest BCUT2D eigenvalue weighted by Gasteiger charge is 2.11. The molecular formula is C16H13ClN2O2. The second-order valence-corrected chi connectivity index (χ2v) is 4.92. The number of rotatable bonds is 4. The summed E-state index contributed by atoms with van der Waals surface area (Å²) < 4.78 is 10.4. The number of halogens is 1. The fourth-order valence-corrected chi connectivity index (χ4v) is 2.22. The summed E-state index contributed by atoms with van der Waals surface area (Å²) in [4.78, 5) is 4.39. The van der Waals surface area contributed by atoms with Gasteiger partial charge in [0.15, 0.2) is 0 Å². The molecule has 1 heterocycles. The predicted octanol–water partition coefficient (Wildman–Crippen LogP) is 3.99. The van der Waals surface area contributed by atoms with E-state index in [1.54, 1.807) is 13.2 Å². The maximum Gasteiger partial charge on any atom is 0.231 e. The minimum absolute atomic E-state index is 0.504. The number of aromatic nitrogens is 2. The van der Waals surface area contributed by atoms with Gasteiger partial charge in [-0.15, -0.1) is 0 Å². The van der Waals surface area contributed by atoms with Crippen LogP contribution in [0, 0.1) is 0 Å². The second-order valence-electron chi connectivity index (χ2n) is 4.52. The molecule has 0 atom stereocenters. The van der Waals surface area contributed by atoms with E-state index in [0.29, 0.717) is 23.2 Å². The molecule has 1 aromatic heterocycles. The second kappa shape index (κ2) is 5.97.